The highest BCUT2D eigenvalue weighted by Crippen LogP contribution is 1.99. The van der Waals surface area contributed by atoms with Gasteiger partial charge in [0.1, 0.15) is 6.33 Å². The Hall–Kier alpha value is -1.43. The molecule has 0 spiro atoms. The van der Waals surface area contributed by atoms with Gasteiger partial charge in [0.25, 0.3) is 5.82 Å². The molecule has 0 bridgehead atoms. The molecule has 0 aromatic carbocycles. The number of carbonyl (C=O) groups is 1. The number of hydrogen-bond acceptors (Lipinski definition) is 5. The highest BCUT2D eigenvalue weighted by molar-refractivity contribution is 5.84. The van der Waals surface area contributed by atoms with E-state index in [9.17, 15) is 4.79 Å². The van der Waals surface area contributed by atoms with Crippen LogP contribution in [0, 0.1) is 5.92 Å². The molecular weight excluding hydrogens is 222 g/mol. The fourth-order valence-electron chi connectivity index (χ4n) is 1.17. The molecule has 0 fully saturated rings. The van der Waals surface area contributed by atoms with Crippen LogP contribution in [0.1, 0.15) is 30.9 Å². The van der Waals surface area contributed by atoms with E-state index in [0.717, 1.165) is 13.0 Å². The lowest BCUT2D eigenvalue weighted by Crippen LogP contribution is -2.10. The van der Waals surface area contributed by atoms with Crippen molar-refractivity contribution >= 4 is 5.97 Å². The molecule has 0 aliphatic carbocycles. The van der Waals surface area contributed by atoms with Crippen LogP contribution in [0.25, 0.3) is 0 Å². The summed E-state index contributed by atoms with van der Waals surface area (Å²) in [5.41, 5.74) is 0. The lowest BCUT2D eigenvalue weighted by Gasteiger charge is -2.05. The summed E-state index contributed by atoms with van der Waals surface area (Å²) in [5.74, 6) is 0.200. The van der Waals surface area contributed by atoms with Crippen molar-refractivity contribution in [3.8, 4) is 0 Å². The van der Waals surface area contributed by atoms with Gasteiger partial charge in [-0.1, -0.05) is 13.8 Å². The number of rotatable bonds is 7. The van der Waals surface area contributed by atoms with Gasteiger partial charge in [-0.2, -0.15) is 0 Å². The lowest BCUT2D eigenvalue weighted by atomic mass is 10.1. The fourth-order valence-corrected chi connectivity index (χ4v) is 1.17. The topological polar surface area (TPSA) is 66.2 Å². The van der Waals surface area contributed by atoms with Crippen molar-refractivity contribution in [3.63, 3.8) is 0 Å². The Morgan fingerprint density at radius 2 is 2.24 bits per heavy atom. The van der Waals surface area contributed by atoms with Crippen molar-refractivity contribution in [2.45, 2.75) is 26.8 Å². The van der Waals surface area contributed by atoms with Crippen molar-refractivity contribution in [2.24, 2.45) is 5.92 Å². The lowest BCUT2D eigenvalue weighted by molar-refractivity contribution is 0.0585. The third kappa shape index (κ3) is 4.95. The minimum absolute atomic E-state index is 0.0784. The van der Waals surface area contributed by atoms with Crippen LogP contribution in [-0.2, 0) is 16.0 Å². The standard InChI is InChI=1S/C11H19N3O3/c1-9(2)4-6-17-7-5-14-8-12-10(13-14)11(15)16-3/h8-9H,4-7H2,1-3H3. The first-order valence-electron chi connectivity index (χ1n) is 5.69. The quantitative estimate of drug-likeness (QED) is 0.529. The van der Waals surface area contributed by atoms with Gasteiger partial charge in [-0.15, -0.1) is 5.10 Å². The maximum atomic E-state index is 11.1. The van der Waals surface area contributed by atoms with E-state index < -0.39 is 5.97 Å². The molecule has 0 aliphatic heterocycles. The highest BCUT2D eigenvalue weighted by atomic mass is 16.5. The van der Waals surface area contributed by atoms with Gasteiger partial charge in [-0.3, -0.25) is 0 Å². The third-order valence-corrected chi connectivity index (χ3v) is 2.21. The van der Waals surface area contributed by atoms with Crippen LogP contribution in [0.5, 0.6) is 0 Å². The molecule has 0 saturated carbocycles. The Morgan fingerprint density at radius 1 is 1.47 bits per heavy atom. The Morgan fingerprint density at radius 3 is 2.88 bits per heavy atom. The molecule has 0 amide bonds. The number of ether oxygens (including phenoxy) is 2. The van der Waals surface area contributed by atoms with Crippen LogP contribution in [0.15, 0.2) is 6.33 Å². The summed E-state index contributed by atoms with van der Waals surface area (Å²) in [6, 6.07) is 0. The maximum absolute atomic E-state index is 11.1. The summed E-state index contributed by atoms with van der Waals surface area (Å²) in [6.07, 6.45) is 2.54. The molecule has 17 heavy (non-hydrogen) atoms. The van der Waals surface area contributed by atoms with Gasteiger partial charge < -0.3 is 9.47 Å². The Kier molecular flexibility index (Phi) is 5.62. The molecule has 0 saturated heterocycles. The molecule has 0 unspecified atom stereocenters. The van der Waals surface area contributed by atoms with Gasteiger partial charge in [0.2, 0.25) is 0 Å². The molecule has 6 nitrogen and oxygen atoms in total. The van der Waals surface area contributed by atoms with Crippen molar-refractivity contribution in [1.82, 2.24) is 14.8 Å². The smallest absolute Gasteiger partial charge is 0.377 e. The minimum Gasteiger partial charge on any atom is -0.463 e. The summed E-state index contributed by atoms with van der Waals surface area (Å²) < 4.78 is 11.5. The van der Waals surface area contributed by atoms with E-state index in [1.165, 1.54) is 13.4 Å². The highest BCUT2D eigenvalue weighted by Gasteiger charge is 2.10. The number of carbonyl (C=O) groups excluding carboxylic acids is 1. The predicted octanol–water partition coefficient (Wildman–Crippen LogP) is 1.13. The molecular formula is C11H19N3O3. The van der Waals surface area contributed by atoms with Crippen LogP contribution in [0.2, 0.25) is 0 Å². The second-order valence-corrected chi connectivity index (χ2v) is 4.12. The molecule has 0 radical (unpaired) electrons. The van der Waals surface area contributed by atoms with Crippen LogP contribution in [0.3, 0.4) is 0 Å². The molecule has 0 atom stereocenters. The van der Waals surface area contributed by atoms with Gasteiger partial charge in [-0.25, -0.2) is 14.5 Å². The minimum atomic E-state index is -0.524. The van der Waals surface area contributed by atoms with Crippen LogP contribution in [-0.4, -0.2) is 41.1 Å². The predicted molar refractivity (Wildman–Crippen MR) is 61.6 cm³/mol. The van der Waals surface area contributed by atoms with Crippen LogP contribution >= 0.6 is 0 Å². The number of methoxy groups -OCH3 is 1. The summed E-state index contributed by atoms with van der Waals surface area (Å²) in [6.45, 7) is 6.21. The second-order valence-electron chi connectivity index (χ2n) is 4.12. The number of hydrogen-bond donors (Lipinski definition) is 0. The van der Waals surface area contributed by atoms with E-state index >= 15 is 0 Å². The van der Waals surface area contributed by atoms with Gasteiger partial charge >= 0.3 is 5.97 Å². The molecule has 6 heteroatoms. The number of aromatic nitrogens is 3. The molecule has 1 rings (SSSR count). The molecule has 0 N–H and O–H groups in total. The largest absolute Gasteiger partial charge is 0.463 e. The van der Waals surface area contributed by atoms with Gasteiger partial charge in [-0.05, 0) is 12.3 Å². The fraction of sp³-hybridized carbons (Fsp3) is 0.727. The van der Waals surface area contributed by atoms with E-state index in [1.807, 2.05) is 0 Å². The Labute approximate surface area is 101 Å². The first-order valence-corrected chi connectivity index (χ1v) is 5.69. The average Bonchev–Trinajstić information content (AvgIpc) is 2.76. The second kappa shape index (κ2) is 7.01. The van der Waals surface area contributed by atoms with E-state index in [1.54, 1.807) is 4.68 Å². The van der Waals surface area contributed by atoms with Gasteiger partial charge in [0.15, 0.2) is 0 Å². The normalized spacial score (nSPS) is 10.8. The van der Waals surface area contributed by atoms with Crippen LogP contribution in [0.4, 0.5) is 0 Å². The van der Waals surface area contributed by atoms with Crippen molar-refractivity contribution in [3.05, 3.63) is 12.2 Å². The maximum Gasteiger partial charge on any atom is 0.377 e. The van der Waals surface area contributed by atoms with E-state index in [4.69, 9.17) is 4.74 Å². The number of esters is 1. The van der Waals surface area contributed by atoms with Crippen LogP contribution < -0.4 is 0 Å². The summed E-state index contributed by atoms with van der Waals surface area (Å²) in [7, 11) is 1.30. The summed E-state index contributed by atoms with van der Waals surface area (Å²) in [4.78, 5) is 14.9. The zero-order valence-electron chi connectivity index (χ0n) is 10.5. The monoisotopic (exact) mass is 241 g/mol. The molecule has 1 heterocycles. The molecule has 1 aromatic rings. The Balaban J connectivity index is 2.23. The summed E-state index contributed by atoms with van der Waals surface area (Å²) >= 11 is 0. The van der Waals surface area contributed by atoms with Crippen molar-refractivity contribution < 1.29 is 14.3 Å². The molecule has 96 valence electrons. The van der Waals surface area contributed by atoms with Crippen molar-refractivity contribution in [2.75, 3.05) is 20.3 Å². The zero-order chi connectivity index (χ0) is 12.7. The first-order chi connectivity index (χ1) is 8.13. The molecule has 1 aromatic heterocycles. The van der Waals surface area contributed by atoms with E-state index in [-0.39, 0.29) is 5.82 Å². The average molecular weight is 241 g/mol. The molecule has 0 aliphatic rings. The van der Waals surface area contributed by atoms with Gasteiger partial charge in [0.05, 0.1) is 20.3 Å². The van der Waals surface area contributed by atoms with E-state index in [2.05, 4.69) is 28.7 Å². The van der Waals surface area contributed by atoms with Crippen molar-refractivity contribution in [1.29, 1.82) is 0 Å². The summed E-state index contributed by atoms with van der Waals surface area (Å²) in [5, 5.41) is 3.96. The van der Waals surface area contributed by atoms with Gasteiger partial charge in [0, 0.05) is 6.61 Å². The zero-order valence-corrected chi connectivity index (χ0v) is 10.5. The Bertz CT molecular complexity index is 349. The first kappa shape index (κ1) is 13.6. The third-order valence-electron chi connectivity index (χ3n) is 2.21. The van der Waals surface area contributed by atoms with E-state index in [0.29, 0.717) is 19.1 Å². The number of nitrogens with zero attached hydrogens (tertiary/aromatic N) is 3. The SMILES string of the molecule is COC(=O)c1ncn(CCOCCC(C)C)n1.